The van der Waals surface area contributed by atoms with Crippen LogP contribution in [0, 0.1) is 11.3 Å². The highest BCUT2D eigenvalue weighted by atomic mass is 19.4. The second-order valence-corrected chi connectivity index (χ2v) is 4.01. The van der Waals surface area contributed by atoms with E-state index >= 15 is 0 Å². The van der Waals surface area contributed by atoms with Crippen molar-refractivity contribution in [3.63, 3.8) is 0 Å². The number of hydrogen-bond donors (Lipinski definition) is 1. The fraction of sp³-hybridized carbons (Fsp3) is 0.455. The summed E-state index contributed by atoms with van der Waals surface area (Å²) in [6.07, 6.45) is -1.59. The number of nitriles is 1. The highest BCUT2D eigenvalue weighted by Gasteiger charge is 2.33. The Morgan fingerprint density at radius 1 is 1.35 bits per heavy atom. The molecule has 0 aliphatic heterocycles. The second kappa shape index (κ2) is 4.24. The first-order chi connectivity index (χ1) is 7.99. The molecule has 1 saturated carbocycles. The molecule has 3 nitrogen and oxygen atoms in total. The minimum Gasteiger partial charge on any atom is -0.367 e. The molecule has 1 heterocycles. The summed E-state index contributed by atoms with van der Waals surface area (Å²) in [4.78, 5) is 3.49. The average molecular weight is 241 g/mol. The summed E-state index contributed by atoms with van der Waals surface area (Å²) in [5.74, 6) is 0.126. The van der Waals surface area contributed by atoms with Gasteiger partial charge < -0.3 is 5.32 Å². The molecule has 1 aliphatic carbocycles. The van der Waals surface area contributed by atoms with Crippen LogP contribution in [0.5, 0.6) is 0 Å². The van der Waals surface area contributed by atoms with Crippen molar-refractivity contribution >= 4 is 5.82 Å². The van der Waals surface area contributed by atoms with Crippen LogP contribution in [0.2, 0.25) is 0 Å². The first kappa shape index (κ1) is 11.7. The normalized spacial score (nSPS) is 16.1. The Morgan fingerprint density at radius 2 is 2.06 bits per heavy atom. The Hall–Kier alpha value is -1.77. The van der Waals surface area contributed by atoms with Crippen LogP contribution in [0.25, 0.3) is 0 Å². The lowest BCUT2D eigenvalue weighted by atomic mass is 9.93. The average Bonchev–Trinajstić information content (AvgIpc) is 2.22. The summed E-state index contributed by atoms with van der Waals surface area (Å²) < 4.78 is 37.6. The van der Waals surface area contributed by atoms with Gasteiger partial charge in [0, 0.05) is 6.04 Å². The molecular weight excluding hydrogens is 231 g/mol. The third kappa shape index (κ3) is 2.67. The van der Waals surface area contributed by atoms with Crippen molar-refractivity contribution in [3.8, 4) is 6.07 Å². The molecule has 1 aromatic rings. The molecule has 90 valence electrons. The number of nitrogens with one attached hydrogen (secondary N) is 1. The summed E-state index contributed by atoms with van der Waals surface area (Å²) in [5, 5.41) is 11.6. The fourth-order valence-electron chi connectivity index (χ4n) is 1.58. The predicted octanol–water partition coefficient (Wildman–Crippen LogP) is 2.94. The number of halogens is 3. The van der Waals surface area contributed by atoms with Gasteiger partial charge in [-0.15, -0.1) is 0 Å². The van der Waals surface area contributed by atoms with E-state index in [1.807, 2.05) is 0 Å². The van der Waals surface area contributed by atoms with Gasteiger partial charge in [0.2, 0.25) is 0 Å². The largest absolute Gasteiger partial charge is 0.433 e. The van der Waals surface area contributed by atoms with Crippen molar-refractivity contribution in [3.05, 3.63) is 23.4 Å². The number of hydrogen-bond acceptors (Lipinski definition) is 3. The van der Waals surface area contributed by atoms with E-state index in [0.717, 1.165) is 25.3 Å². The van der Waals surface area contributed by atoms with E-state index < -0.39 is 11.9 Å². The third-order valence-electron chi connectivity index (χ3n) is 2.70. The summed E-state index contributed by atoms with van der Waals surface area (Å²) >= 11 is 0. The number of anilines is 1. The SMILES string of the molecule is N#Cc1cc(NC2CCC2)nc(C(F)(F)F)c1. The highest BCUT2D eigenvalue weighted by Crippen LogP contribution is 2.30. The van der Waals surface area contributed by atoms with Gasteiger partial charge >= 0.3 is 6.18 Å². The van der Waals surface area contributed by atoms with Crippen molar-refractivity contribution < 1.29 is 13.2 Å². The van der Waals surface area contributed by atoms with Gasteiger partial charge in [0.25, 0.3) is 0 Å². The summed E-state index contributed by atoms with van der Waals surface area (Å²) in [6.45, 7) is 0. The highest BCUT2D eigenvalue weighted by molar-refractivity contribution is 5.45. The van der Waals surface area contributed by atoms with Gasteiger partial charge in [-0.1, -0.05) is 0 Å². The number of nitrogens with zero attached hydrogens (tertiary/aromatic N) is 2. The number of pyridine rings is 1. The minimum absolute atomic E-state index is 0.0332. The molecule has 0 atom stereocenters. The zero-order valence-corrected chi connectivity index (χ0v) is 8.88. The zero-order chi connectivity index (χ0) is 12.5. The van der Waals surface area contributed by atoms with Crippen molar-refractivity contribution in [1.82, 2.24) is 4.98 Å². The van der Waals surface area contributed by atoms with Crippen LogP contribution in [0.3, 0.4) is 0 Å². The van der Waals surface area contributed by atoms with Crippen LogP contribution in [0.15, 0.2) is 12.1 Å². The topological polar surface area (TPSA) is 48.7 Å². The van der Waals surface area contributed by atoms with Crippen molar-refractivity contribution in [2.24, 2.45) is 0 Å². The molecule has 0 radical (unpaired) electrons. The van der Waals surface area contributed by atoms with Crippen molar-refractivity contribution in [2.75, 3.05) is 5.32 Å². The Balaban J connectivity index is 2.28. The molecule has 1 aliphatic rings. The van der Waals surface area contributed by atoms with Crippen molar-refractivity contribution in [2.45, 2.75) is 31.5 Å². The quantitative estimate of drug-likeness (QED) is 0.865. The maximum absolute atomic E-state index is 12.5. The van der Waals surface area contributed by atoms with Crippen LogP contribution in [0.4, 0.5) is 19.0 Å². The molecule has 1 N–H and O–H groups in total. The first-order valence-corrected chi connectivity index (χ1v) is 5.25. The Kier molecular flexibility index (Phi) is 2.92. The van der Waals surface area contributed by atoms with E-state index in [2.05, 4.69) is 10.3 Å². The molecule has 2 rings (SSSR count). The van der Waals surface area contributed by atoms with Gasteiger partial charge in [0.1, 0.15) is 11.5 Å². The van der Waals surface area contributed by atoms with Gasteiger partial charge in [-0.2, -0.15) is 18.4 Å². The lowest BCUT2D eigenvalue weighted by Gasteiger charge is -2.27. The van der Waals surface area contributed by atoms with Gasteiger partial charge in [0.15, 0.2) is 0 Å². The monoisotopic (exact) mass is 241 g/mol. The van der Waals surface area contributed by atoms with Crippen LogP contribution in [-0.4, -0.2) is 11.0 Å². The van der Waals surface area contributed by atoms with Crippen LogP contribution < -0.4 is 5.32 Å². The number of alkyl halides is 3. The van der Waals surface area contributed by atoms with E-state index in [-0.39, 0.29) is 17.4 Å². The first-order valence-electron chi connectivity index (χ1n) is 5.25. The zero-order valence-electron chi connectivity index (χ0n) is 8.88. The van der Waals surface area contributed by atoms with E-state index in [0.29, 0.717) is 0 Å². The summed E-state index contributed by atoms with van der Waals surface area (Å²) in [5.41, 5.74) is -1.06. The molecule has 0 amide bonds. The molecule has 17 heavy (non-hydrogen) atoms. The standard InChI is InChI=1S/C11H10F3N3/c12-11(13,14)9-4-7(6-15)5-10(17-9)16-8-2-1-3-8/h4-5,8H,1-3H2,(H,16,17). The second-order valence-electron chi connectivity index (χ2n) is 4.01. The Morgan fingerprint density at radius 3 is 2.53 bits per heavy atom. The fourth-order valence-corrected chi connectivity index (χ4v) is 1.58. The Bertz CT molecular complexity index is 458. The van der Waals surface area contributed by atoms with Gasteiger partial charge in [-0.25, -0.2) is 4.98 Å². The number of rotatable bonds is 2. The summed E-state index contributed by atoms with van der Waals surface area (Å²) in [6, 6.07) is 3.98. The molecular formula is C11H10F3N3. The maximum Gasteiger partial charge on any atom is 0.433 e. The molecule has 1 aromatic heterocycles. The van der Waals surface area contributed by atoms with Crippen molar-refractivity contribution in [1.29, 1.82) is 5.26 Å². The predicted molar refractivity (Wildman–Crippen MR) is 55.2 cm³/mol. The lowest BCUT2D eigenvalue weighted by molar-refractivity contribution is -0.141. The molecule has 0 saturated heterocycles. The molecule has 0 bridgehead atoms. The molecule has 1 fully saturated rings. The summed E-state index contributed by atoms with van der Waals surface area (Å²) in [7, 11) is 0. The molecule has 0 aromatic carbocycles. The third-order valence-corrected chi connectivity index (χ3v) is 2.70. The van der Waals surface area contributed by atoms with Crippen LogP contribution in [-0.2, 0) is 6.18 Å². The van der Waals surface area contributed by atoms with Crippen LogP contribution in [0.1, 0.15) is 30.5 Å². The molecule has 6 heteroatoms. The van der Waals surface area contributed by atoms with E-state index in [1.54, 1.807) is 6.07 Å². The molecule has 0 unspecified atom stereocenters. The minimum atomic E-state index is -4.52. The Labute approximate surface area is 96.3 Å². The number of aromatic nitrogens is 1. The van der Waals surface area contributed by atoms with Gasteiger partial charge in [0.05, 0.1) is 11.6 Å². The molecule has 0 spiro atoms. The lowest BCUT2D eigenvalue weighted by Crippen LogP contribution is -2.28. The van der Waals surface area contributed by atoms with E-state index in [9.17, 15) is 13.2 Å². The van der Waals surface area contributed by atoms with Crippen LogP contribution >= 0.6 is 0 Å². The smallest absolute Gasteiger partial charge is 0.367 e. The van der Waals surface area contributed by atoms with Gasteiger partial charge in [-0.3, -0.25) is 0 Å². The maximum atomic E-state index is 12.5. The van der Waals surface area contributed by atoms with E-state index in [1.165, 1.54) is 6.07 Å². The van der Waals surface area contributed by atoms with E-state index in [4.69, 9.17) is 5.26 Å². The van der Waals surface area contributed by atoms with Gasteiger partial charge in [-0.05, 0) is 31.4 Å².